The second kappa shape index (κ2) is 2.62. The van der Waals surface area contributed by atoms with Crippen molar-refractivity contribution in [2.45, 2.75) is 6.61 Å². The van der Waals surface area contributed by atoms with Gasteiger partial charge in [-0.15, -0.1) is 0 Å². The summed E-state index contributed by atoms with van der Waals surface area (Å²) in [4.78, 5) is 0. The fraction of sp³-hybridized carbons (Fsp3) is 0.167. The highest BCUT2D eigenvalue weighted by Gasteiger charge is 1.99. The van der Waals surface area contributed by atoms with Gasteiger partial charge in [0.15, 0.2) is 12.0 Å². The Kier molecular flexibility index (Phi) is 1.82. The number of nitrogens with zero attached hydrogens (tertiary/aromatic N) is 1. The van der Waals surface area contributed by atoms with E-state index in [1.54, 1.807) is 0 Å². The van der Waals surface area contributed by atoms with Crippen LogP contribution in [0, 0.1) is 11.0 Å². The van der Waals surface area contributed by atoms with Crippen molar-refractivity contribution in [2.75, 3.05) is 0 Å². The van der Waals surface area contributed by atoms with Crippen molar-refractivity contribution in [1.29, 1.82) is 0 Å². The maximum atomic E-state index is 12.3. The smallest absolute Gasteiger partial charge is 0.216 e. The summed E-state index contributed by atoms with van der Waals surface area (Å²) in [5, 5.41) is 18.9. The van der Waals surface area contributed by atoms with Crippen LogP contribution in [0.15, 0.2) is 18.5 Å². The number of halogens is 1. The molecule has 0 aliphatic rings. The molecule has 4 heteroatoms. The van der Waals surface area contributed by atoms with Crippen LogP contribution in [-0.2, 0) is 6.61 Å². The largest absolute Gasteiger partial charge is 0.619 e. The molecule has 0 saturated carbocycles. The molecule has 0 saturated heterocycles. The second-order valence-electron chi connectivity index (χ2n) is 1.88. The third-order valence-corrected chi connectivity index (χ3v) is 1.05. The van der Waals surface area contributed by atoms with Crippen LogP contribution < -0.4 is 4.73 Å². The van der Waals surface area contributed by atoms with E-state index in [1.807, 2.05) is 0 Å². The molecule has 54 valence electrons. The fourth-order valence-electron chi connectivity index (χ4n) is 0.660. The fourth-order valence-corrected chi connectivity index (χ4v) is 0.660. The lowest BCUT2D eigenvalue weighted by Crippen LogP contribution is -2.26. The number of rotatable bonds is 1. The van der Waals surface area contributed by atoms with E-state index >= 15 is 0 Å². The van der Waals surface area contributed by atoms with Crippen LogP contribution >= 0.6 is 0 Å². The van der Waals surface area contributed by atoms with Crippen molar-refractivity contribution in [3.05, 3.63) is 35.0 Å². The zero-order valence-corrected chi connectivity index (χ0v) is 5.12. The van der Waals surface area contributed by atoms with Gasteiger partial charge in [-0.05, 0) is 6.07 Å². The summed E-state index contributed by atoms with van der Waals surface area (Å²) in [5.74, 6) is -0.637. The monoisotopic (exact) mass is 143 g/mol. The number of aliphatic hydroxyl groups excluding tert-OH is 1. The normalized spacial score (nSPS) is 9.80. The van der Waals surface area contributed by atoms with Crippen LogP contribution in [0.4, 0.5) is 4.39 Å². The van der Waals surface area contributed by atoms with E-state index in [2.05, 4.69) is 0 Å². The van der Waals surface area contributed by atoms with Crippen LogP contribution in [0.1, 0.15) is 5.56 Å². The van der Waals surface area contributed by atoms with E-state index in [0.29, 0.717) is 4.73 Å². The van der Waals surface area contributed by atoms with Gasteiger partial charge in [-0.2, -0.15) is 4.73 Å². The molecule has 0 fully saturated rings. The lowest BCUT2D eigenvalue weighted by molar-refractivity contribution is -0.607. The molecule has 1 rings (SSSR count). The molecule has 0 aliphatic heterocycles. The maximum Gasteiger partial charge on any atom is 0.216 e. The summed E-state index contributed by atoms with van der Waals surface area (Å²) < 4.78 is 12.6. The van der Waals surface area contributed by atoms with E-state index < -0.39 is 5.82 Å². The van der Waals surface area contributed by atoms with Gasteiger partial charge in [0.25, 0.3) is 0 Å². The average molecular weight is 143 g/mol. The second-order valence-corrected chi connectivity index (χ2v) is 1.88. The Balaban J connectivity index is 3.06. The number of hydrogen-bond donors (Lipinski definition) is 1. The summed E-state index contributed by atoms with van der Waals surface area (Å²) in [5.41, 5.74) is 0.273. The van der Waals surface area contributed by atoms with Crippen molar-refractivity contribution >= 4 is 0 Å². The molecular weight excluding hydrogens is 137 g/mol. The van der Waals surface area contributed by atoms with Crippen molar-refractivity contribution < 1.29 is 14.2 Å². The van der Waals surface area contributed by atoms with Gasteiger partial charge in [0.2, 0.25) is 6.20 Å². The lowest BCUT2D eigenvalue weighted by atomic mass is 10.3. The van der Waals surface area contributed by atoms with Gasteiger partial charge in [0.05, 0.1) is 6.61 Å². The van der Waals surface area contributed by atoms with Crippen molar-refractivity contribution in [3.8, 4) is 0 Å². The van der Waals surface area contributed by atoms with Crippen LogP contribution in [0.25, 0.3) is 0 Å². The van der Waals surface area contributed by atoms with Gasteiger partial charge >= 0.3 is 0 Å². The molecular formula is C6H6FNO2. The first-order chi connectivity index (χ1) is 4.72. The highest BCUT2D eigenvalue weighted by Crippen LogP contribution is 1.97. The van der Waals surface area contributed by atoms with E-state index in [1.165, 1.54) is 0 Å². The predicted molar refractivity (Wildman–Crippen MR) is 31.3 cm³/mol. The molecule has 0 spiro atoms. The highest BCUT2D eigenvalue weighted by atomic mass is 19.1. The van der Waals surface area contributed by atoms with Gasteiger partial charge in [-0.3, -0.25) is 0 Å². The van der Waals surface area contributed by atoms with E-state index in [4.69, 9.17) is 5.11 Å². The van der Waals surface area contributed by atoms with E-state index in [9.17, 15) is 9.60 Å². The zero-order valence-electron chi connectivity index (χ0n) is 5.12. The number of hydrogen-bond acceptors (Lipinski definition) is 2. The molecule has 1 aromatic heterocycles. The summed E-state index contributed by atoms with van der Waals surface area (Å²) in [6.45, 7) is -0.319. The van der Waals surface area contributed by atoms with Gasteiger partial charge in [-0.25, -0.2) is 4.39 Å². The standard InChI is InChI=1S/C6H6FNO2/c7-6-1-5(4-9)2-8(10)3-6/h1-3,9H,4H2. The summed E-state index contributed by atoms with van der Waals surface area (Å²) in [7, 11) is 0. The summed E-state index contributed by atoms with van der Waals surface area (Å²) >= 11 is 0. The lowest BCUT2D eigenvalue weighted by Gasteiger charge is -1.97. The Morgan fingerprint density at radius 1 is 1.60 bits per heavy atom. The van der Waals surface area contributed by atoms with Gasteiger partial charge in [-0.1, -0.05) is 0 Å². The third-order valence-electron chi connectivity index (χ3n) is 1.05. The number of pyridine rings is 1. The van der Waals surface area contributed by atoms with Gasteiger partial charge in [0.1, 0.15) is 0 Å². The Morgan fingerprint density at radius 2 is 2.30 bits per heavy atom. The highest BCUT2D eigenvalue weighted by molar-refractivity contribution is 5.05. The number of aromatic nitrogens is 1. The third kappa shape index (κ3) is 1.41. The molecule has 10 heavy (non-hydrogen) atoms. The first kappa shape index (κ1) is 6.95. The number of aliphatic hydroxyl groups is 1. The zero-order chi connectivity index (χ0) is 7.56. The Morgan fingerprint density at radius 3 is 2.80 bits per heavy atom. The van der Waals surface area contributed by atoms with Gasteiger partial charge in [0, 0.05) is 5.56 Å². The van der Waals surface area contributed by atoms with Crippen molar-refractivity contribution in [3.63, 3.8) is 0 Å². The molecule has 0 bridgehead atoms. The molecule has 1 N–H and O–H groups in total. The minimum absolute atomic E-state index is 0.273. The Hall–Kier alpha value is -1.16. The van der Waals surface area contributed by atoms with Crippen LogP contribution in [0.3, 0.4) is 0 Å². The maximum absolute atomic E-state index is 12.3. The average Bonchev–Trinajstić information content (AvgIpc) is 1.85. The minimum atomic E-state index is -0.637. The quantitative estimate of drug-likeness (QED) is 0.442. The first-order valence-corrected chi connectivity index (χ1v) is 2.71. The molecule has 0 aromatic carbocycles. The van der Waals surface area contributed by atoms with Crippen LogP contribution in [0.5, 0.6) is 0 Å². The predicted octanol–water partition coefficient (Wildman–Crippen LogP) is -0.0486. The summed E-state index contributed by atoms with van der Waals surface area (Å²) in [6, 6.07) is 1.11. The van der Waals surface area contributed by atoms with Crippen LogP contribution in [0.2, 0.25) is 0 Å². The van der Waals surface area contributed by atoms with Crippen molar-refractivity contribution in [2.24, 2.45) is 0 Å². The molecule has 1 heterocycles. The molecule has 0 radical (unpaired) electrons. The Labute approximate surface area is 56.9 Å². The first-order valence-electron chi connectivity index (χ1n) is 2.71. The minimum Gasteiger partial charge on any atom is -0.619 e. The molecule has 0 aliphatic carbocycles. The van der Waals surface area contributed by atoms with E-state index in [-0.39, 0.29) is 12.2 Å². The Bertz CT molecular complexity index is 219. The van der Waals surface area contributed by atoms with Crippen LogP contribution in [-0.4, -0.2) is 5.11 Å². The van der Waals surface area contributed by atoms with Gasteiger partial charge < -0.3 is 10.3 Å². The SMILES string of the molecule is [O-][n+]1cc(F)cc(CO)c1. The molecule has 0 unspecified atom stereocenters. The molecule has 0 atom stereocenters. The topological polar surface area (TPSA) is 47.2 Å². The van der Waals surface area contributed by atoms with E-state index in [0.717, 1.165) is 18.5 Å². The molecule has 0 amide bonds. The molecule has 1 aromatic rings. The van der Waals surface area contributed by atoms with Crippen molar-refractivity contribution in [1.82, 2.24) is 0 Å². The molecule has 3 nitrogen and oxygen atoms in total. The summed E-state index contributed by atoms with van der Waals surface area (Å²) in [6.07, 6.45) is 1.90.